The summed E-state index contributed by atoms with van der Waals surface area (Å²) in [7, 11) is 3.06. The third-order valence-electron chi connectivity index (χ3n) is 5.34. The Hall–Kier alpha value is -3.20. The van der Waals surface area contributed by atoms with Gasteiger partial charge in [-0.1, -0.05) is 19.1 Å². The molecule has 0 aliphatic carbocycles. The molecule has 2 aromatic heterocycles. The maximum atomic E-state index is 13.1. The molecule has 9 nitrogen and oxygen atoms in total. The number of fused-ring (bicyclic) bond motifs is 3. The van der Waals surface area contributed by atoms with E-state index >= 15 is 0 Å². The molecule has 1 unspecified atom stereocenters. The molecule has 3 aromatic rings. The second-order valence-corrected chi connectivity index (χ2v) is 6.89. The summed E-state index contributed by atoms with van der Waals surface area (Å²) in [5.74, 6) is 0. The monoisotopic (exact) mass is 384 g/mol. The van der Waals surface area contributed by atoms with Crippen LogP contribution in [-0.2, 0) is 25.4 Å². The Morgan fingerprint density at radius 3 is 2.68 bits per heavy atom. The molecule has 0 saturated heterocycles. The first-order valence-electron chi connectivity index (χ1n) is 9.05. The summed E-state index contributed by atoms with van der Waals surface area (Å²) in [5, 5.41) is 11.6. The third-order valence-corrected chi connectivity index (χ3v) is 5.34. The molecule has 1 aliphatic rings. The largest absolute Gasteiger partial charge is 0.370 e. The predicted octanol–water partition coefficient (Wildman–Crippen LogP) is 2.10. The van der Waals surface area contributed by atoms with Crippen LogP contribution in [0.15, 0.2) is 33.9 Å². The zero-order chi connectivity index (χ0) is 20.2. The van der Waals surface area contributed by atoms with E-state index in [1.54, 1.807) is 19.2 Å². The van der Waals surface area contributed by atoms with E-state index in [-0.39, 0.29) is 11.8 Å². The number of hydrogen-bond donors (Lipinski definition) is 0. The topological polar surface area (TPSA) is 101 Å². The fraction of sp³-hybridized carbons (Fsp3) is 0.368. The lowest BCUT2D eigenvalue weighted by molar-refractivity contribution is -0.384. The van der Waals surface area contributed by atoms with Crippen molar-refractivity contribution in [1.82, 2.24) is 13.7 Å². The molecule has 0 saturated carbocycles. The lowest BCUT2D eigenvalue weighted by Crippen LogP contribution is -2.37. The second kappa shape index (κ2) is 6.45. The maximum absolute atomic E-state index is 13.1. The van der Waals surface area contributed by atoms with Gasteiger partial charge in [-0.3, -0.25) is 24.0 Å². The molecule has 4 rings (SSSR count). The number of nitro benzene ring substituents is 1. The van der Waals surface area contributed by atoms with E-state index in [1.807, 2.05) is 11.5 Å². The number of aryl methyl sites for hydroxylation is 1. The molecule has 3 heterocycles. The van der Waals surface area contributed by atoms with Crippen LogP contribution >= 0.6 is 0 Å². The molecule has 0 radical (unpaired) electrons. The van der Waals surface area contributed by atoms with Crippen molar-refractivity contribution in [3.63, 3.8) is 0 Å². The summed E-state index contributed by atoms with van der Waals surface area (Å²) in [6, 6.07) is 6.22. The molecule has 0 N–H and O–H groups in total. The molecule has 9 heteroatoms. The van der Waals surface area contributed by atoms with Crippen molar-refractivity contribution in [2.75, 3.05) is 6.61 Å². The van der Waals surface area contributed by atoms with Crippen molar-refractivity contribution >= 4 is 16.6 Å². The Morgan fingerprint density at radius 2 is 2.00 bits per heavy atom. The first kappa shape index (κ1) is 18.2. The predicted molar refractivity (Wildman–Crippen MR) is 103 cm³/mol. The van der Waals surface area contributed by atoms with Crippen LogP contribution in [-0.4, -0.2) is 25.2 Å². The number of benzene rings is 1. The normalized spacial score (nSPS) is 16.3. The van der Waals surface area contributed by atoms with Crippen LogP contribution in [0.3, 0.4) is 0 Å². The molecule has 146 valence electrons. The van der Waals surface area contributed by atoms with Crippen LogP contribution in [0.2, 0.25) is 0 Å². The number of nitro groups is 1. The standard InChI is InChI=1S/C19H20N4O5/c1-4-13-16-17-14(18(24)21(3)19(25)20(17)2)15(22(16)8-9-28-13)11-6-5-7-12(10-11)23(26)27/h5-7,10,13H,4,8-9H2,1-3H3. The average molecular weight is 384 g/mol. The molecule has 0 spiro atoms. The maximum Gasteiger partial charge on any atom is 0.331 e. The molecular formula is C19H20N4O5. The zero-order valence-corrected chi connectivity index (χ0v) is 15.8. The Bertz CT molecular complexity index is 1230. The molecule has 0 amide bonds. The fourth-order valence-corrected chi connectivity index (χ4v) is 4.04. The number of non-ortho nitro benzene ring substituents is 1. The SMILES string of the molecule is CCC1OCCn2c(-c3cccc([N+](=O)[O-])c3)c3c(=O)n(C)c(=O)n(C)c3c21. The van der Waals surface area contributed by atoms with Crippen molar-refractivity contribution in [3.8, 4) is 11.3 Å². The molecule has 1 atom stereocenters. The first-order chi connectivity index (χ1) is 13.4. The van der Waals surface area contributed by atoms with E-state index in [4.69, 9.17) is 4.74 Å². The van der Waals surface area contributed by atoms with Crippen LogP contribution in [0.5, 0.6) is 0 Å². The molecule has 28 heavy (non-hydrogen) atoms. The van der Waals surface area contributed by atoms with Crippen molar-refractivity contribution < 1.29 is 9.66 Å². The van der Waals surface area contributed by atoms with Crippen LogP contribution in [0.1, 0.15) is 25.1 Å². The molecule has 1 aromatic carbocycles. The van der Waals surface area contributed by atoms with E-state index in [9.17, 15) is 19.7 Å². The van der Waals surface area contributed by atoms with E-state index in [0.717, 1.165) is 10.3 Å². The van der Waals surface area contributed by atoms with Crippen LogP contribution in [0.4, 0.5) is 5.69 Å². The first-order valence-corrected chi connectivity index (χ1v) is 9.05. The van der Waals surface area contributed by atoms with Gasteiger partial charge in [0.2, 0.25) is 0 Å². The Labute approximate surface area is 159 Å². The van der Waals surface area contributed by atoms with Gasteiger partial charge in [0, 0.05) is 38.3 Å². The van der Waals surface area contributed by atoms with Gasteiger partial charge in [-0.2, -0.15) is 0 Å². The summed E-state index contributed by atoms with van der Waals surface area (Å²) in [5.41, 5.74) is 1.56. The van der Waals surface area contributed by atoms with Crippen LogP contribution < -0.4 is 11.2 Å². The summed E-state index contributed by atoms with van der Waals surface area (Å²) in [4.78, 5) is 36.4. The van der Waals surface area contributed by atoms with Gasteiger partial charge in [-0.15, -0.1) is 0 Å². The quantitative estimate of drug-likeness (QED) is 0.508. The van der Waals surface area contributed by atoms with E-state index in [0.29, 0.717) is 41.7 Å². The fourth-order valence-electron chi connectivity index (χ4n) is 4.04. The number of hydrogen-bond acceptors (Lipinski definition) is 5. The van der Waals surface area contributed by atoms with E-state index in [2.05, 4.69) is 0 Å². The van der Waals surface area contributed by atoms with Gasteiger partial charge in [0.25, 0.3) is 11.2 Å². The molecule has 0 bridgehead atoms. The smallest absolute Gasteiger partial charge is 0.331 e. The van der Waals surface area contributed by atoms with E-state index in [1.165, 1.54) is 23.7 Å². The Kier molecular flexibility index (Phi) is 4.19. The Balaban J connectivity index is 2.22. The molecule has 1 aliphatic heterocycles. The third kappa shape index (κ3) is 2.43. The van der Waals surface area contributed by atoms with Crippen LogP contribution in [0, 0.1) is 10.1 Å². The number of nitrogens with zero attached hydrogens (tertiary/aromatic N) is 4. The van der Waals surface area contributed by atoms with Gasteiger partial charge >= 0.3 is 5.69 Å². The summed E-state index contributed by atoms with van der Waals surface area (Å²) in [6.45, 7) is 2.93. The van der Waals surface area contributed by atoms with Gasteiger partial charge in [0.15, 0.2) is 0 Å². The van der Waals surface area contributed by atoms with Crippen molar-refractivity contribution in [2.24, 2.45) is 14.1 Å². The van der Waals surface area contributed by atoms with Crippen molar-refractivity contribution in [1.29, 1.82) is 0 Å². The van der Waals surface area contributed by atoms with Crippen molar-refractivity contribution in [2.45, 2.75) is 26.0 Å². The highest BCUT2D eigenvalue weighted by Gasteiger charge is 2.31. The van der Waals surface area contributed by atoms with Gasteiger partial charge < -0.3 is 9.30 Å². The van der Waals surface area contributed by atoms with Crippen molar-refractivity contribution in [3.05, 3.63) is 60.9 Å². The van der Waals surface area contributed by atoms with Gasteiger partial charge in [-0.05, 0) is 6.42 Å². The number of ether oxygens (including phenoxy) is 1. The highest BCUT2D eigenvalue weighted by atomic mass is 16.6. The van der Waals surface area contributed by atoms with Gasteiger partial charge in [0.1, 0.15) is 0 Å². The van der Waals surface area contributed by atoms with Gasteiger partial charge in [0.05, 0.1) is 39.9 Å². The lowest BCUT2D eigenvalue weighted by atomic mass is 10.1. The minimum Gasteiger partial charge on any atom is -0.370 e. The minimum atomic E-state index is -0.461. The molecular weight excluding hydrogens is 364 g/mol. The second-order valence-electron chi connectivity index (χ2n) is 6.89. The van der Waals surface area contributed by atoms with Gasteiger partial charge in [-0.25, -0.2) is 4.79 Å². The number of rotatable bonds is 3. The lowest BCUT2D eigenvalue weighted by Gasteiger charge is -2.26. The zero-order valence-electron chi connectivity index (χ0n) is 15.8. The molecule has 0 fully saturated rings. The summed E-state index contributed by atoms with van der Waals surface area (Å²) >= 11 is 0. The highest BCUT2D eigenvalue weighted by Crippen LogP contribution is 2.39. The van der Waals surface area contributed by atoms with Crippen LogP contribution in [0.25, 0.3) is 22.2 Å². The summed E-state index contributed by atoms with van der Waals surface area (Å²) in [6.07, 6.45) is 0.415. The Morgan fingerprint density at radius 1 is 1.25 bits per heavy atom. The highest BCUT2D eigenvalue weighted by molar-refractivity contribution is 5.96. The number of aromatic nitrogens is 3. The average Bonchev–Trinajstić information content (AvgIpc) is 3.06. The van der Waals surface area contributed by atoms with E-state index < -0.39 is 16.2 Å². The summed E-state index contributed by atoms with van der Waals surface area (Å²) < 4.78 is 10.4. The minimum absolute atomic E-state index is 0.0538.